The monoisotopic (exact) mass is 266 g/mol. The largest absolute Gasteiger partial charge is 0.511 e. The zero-order chi connectivity index (χ0) is 13.3. The molecule has 100 valence electrons. The number of carbonyl (C=O) groups is 1. The lowest BCUT2D eigenvalue weighted by Crippen LogP contribution is -2.25. The molecule has 17 heavy (non-hydrogen) atoms. The van der Waals surface area contributed by atoms with Gasteiger partial charge in [0, 0.05) is 12.8 Å². The Morgan fingerprint density at radius 1 is 1.29 bits per heavy atom. The standard InChI is InChI=1S/C10H19O6P/c1-7(2)14-9(11)15-10(5-6-10)16-17(12,13)8(3)4/h7-8H,5-6H2,1-4H3,(H,12,13). The Hall–Kier alpha value is -0.580. The maximum Gasteiger partial charge on any atom is 0.511 e. The molecule has 0 saturated heterocycles. The van der Waals surface area contributed by atoms with Gasteiger partial charge in [-0.1, -0.05) is 13.8 Å². The molecule has 0 aromatic rings. The van der Waals surface area contributed by atoms with Crippen LogP contribution in [0, 0.1) is 0 Å². The van der Waals surface area contributed by atoms with Gasteiger partial charge in [0.2, 0.25) is 5.79 Å². The predicted molar refractivity (Wildman–Crippen MR) is 60.7 cm³/mol. The molecule has 0 heterocycles. The number of ether oxygens (including phenoxy) is 2. The van der Waals surface area contributed by atoms with Crippen LogP contribution in [0.4, 0.5) is 4.79 Å². The van der Waals surface area contributed by atoms with Gasteiger partial charge in [-0.25, -0.2) is 4.79 Å². The molecule has 0 radical (unpaired) electrons. The lowest BCUT2D eigenvalue weighted by molar-refractivity contribution is -0.0945. The average Bonchev–Trinajstić information content (AvgIpc) is 2.80. The normalized spacial score (nSPS) is 21.1. The van der Waals surface area contributed by atoms with E-state index in [0.717, 1.165) is 0 Å². The molecule has 1 atom stereocenters. The number of carbonyl (C=O) groups excluding carboxylic acids is 1. The molecular weight excluding hydrogens is 247 g/mol. The summed E-state index contributed by atoms with van der Waals surface area (Å²) in [4.78, 5) is 20.8. The zero-order valence-electron chi connectivity index (χ0n) is 10.5. The molecule has 1 aliphatic rings. The molecule has 0 aliphatic heterocycles. The summed E-state index contributed by atoms with van der Waals surface area (Å²) in [5.74, 6) is -1.26. The van der Waals surface area contributed by atoms with Crippen LogP contribution in [-0.4, -0.2) is 28.6 Å². The van der Waals surface area contributed by atoms with Gasteiger partial charge in [0.25, 0.3) is 0 Å². The van der Waals surface area contributed by atoms with Gasteiger partial charge in [0.05, 0.1) is 11.8 Å². The highest BCUT2D eigenvalue weighted by atomic mass is 31.2. The Kier molecular flexibility index (Phi) is 4.23. The Balaban J connectivity index is 2.54. The van der Waals surface area contributed by atoms with Gasteiger partial charge in [-0.3, -0.25) is 9.09 Å². The van der Waals surface area contributed by atoms with Crippen LogP contribution in [0.1, 0.15) is 40.5 Å². The number of hydrogen-bond donors (Lipinski definition) is 1. The van der Waals surface area contributed by atoms with E-state index in [1.54, 1.807) is 27.7 Å². The van der Waals surface area contributed by atoms with E-state index in [9.17, 15) is 14.3 Å². The number of hydrogen-bond acceptors (Lipinski definition) is 5. The molecule has 0 amide bonds. The van der Waals surface area contributed by atoms with Gasteiger partial charge in [0.15, 0.2) is 0 Å². The first-order chi connectivity index (χ1) is 7.67. The quantitative estimate of drug-likeness (QED) is 0.468. The van der Waals surface area contributed by atoms with Crippen LogP contribution in [0.15, 0.2) is 0 Å². The van der Waals surface area contributed by atoms with E-state index < -0.39 is 25.2 Å². The molecule has 1 N–H and O–H groups in total. The van der Waals surface area contributed by atoms with Crippen LogP contribution < -0.4 is 0 Å². The van der Waals surface area contributed by atoms with Crippen LogP contribution in [0.5, 0.6) is 0 Å². The van der Waals surface area contributed by atoms with Crippen LogP contribution >= 0.6 is 7.60 Å². The van der Waals surface area contributed by atoms with E-state index in [-0.39, 0.29) is 6.10 Å². The van der Waals surface area contributed by atoms with Crippen molar-refractivity contribution in [2.24, 2.45) is 0 Å². The van der Waals surface area contributed by atoms with Gasteiger partial charge in [0.1, 0.15) is 0 Å². The summed E-state index contributed by atoms with van der Waals surface area (Å²) in [7, 11) is -3.75. The van der Waals surface area contributed by atoms with Crippen LogP contribution in [-0.2, 0) is 18.6 Å². The van der Waals surface area contributed by atoms with Gasteiger partial charge in [-0.2, -0.15) is 0 Å². The molecule has 1 aliphatic carbocycles. The first-order valence-electron chi connectivity index (χ1n) is 5.60. The summed E-state index contributed by atoms with van der Waals surface area (Å²) in [6, 6.07) is 0. The maximum atomic E-state index is 11.7. The van der Waals surface area contributed by atoms with Crippen molar-refractivity contribution >= 4 is 13.8 Å². The topological polar surface area (TPSA) is 82.1 Å². The van der Waals surface area contributed by atoms with Crippen molar-refractivity contribution in [2.75, 3.05) is 0 Å². The fourth-order valence-corrected chi connectivity index (χ4v) is 1.93. The second-order valence-corrected chi connectivity index (χ2v) is 7.02. The predicted octanol–water partition coefficient (Wildman–Crippen LogP) is 2.65. The maximum absolute atomic E-state index is 11.7. The first kappa shape index (κ1) is 14.5. The zero-order valence-corrected chi connectivity index (χ0v) is 11.4. The first-order valence-corrected chi connectivity index (χ1v) is 7.24. The summed E-state index contributed by atoms with van der Waals surface area (Å²) >= 11 is 0. The van der Waals surface area contributed by atoms with Crippen molar-refractivity contribution in [3.8, 4) is 0 Å². The van der Waals surface area contributed by atoms with Crippen molar-refractivity contribution in [1.29, 1.82) is 0 Å². The molecule has 7 heteroatoms. The summed E-state index contributed by atoms with van der Waals surface area (Å²) in [5.41, 5.74) is -0.537. The van der Waals surface area contributed by atoms with Gasteiger partial charge in [-0.05, 0) is 13.8 Å². The van der Waals surface area contributed by atoms with Gasteiger partial charge in [-0.15, -0.1) is 0 Å². The van der Waals surface area contributed by atoms with Crippen molar-refractivity contribution < 1.29 is 28.3 Å². The lowest BCUT2D eigenvalue weighted by Gasteiger charge is -2.22. The van der Waals surface area contributed by atoms with Crippen molar-refractivity contribution in [3.63, 3.8) is 0 Å². The second kappa shape index (κ2) is 4.96. The summed E-state index contributed by atoms with van der Waals surface area (Å²) in [5, 5.41) is 0. The summed E-state index contributed by atoms with van der Waals surface area (Å²) < 4.78 is 26.4. The van der Waals surface area contributed by atoms with E-state index >= 15 is 0 Å². The molecule has 1 rings (SSSR count). The highest BCUT2D eigenvalue weighted by Gasteiger charge is 2.54. The highest BCUT2D eigenvalue weighted by Crippen LogP contribution is 2.57. The third kappa shape index (κ3) is 4.30. The Bertz CT molecular complexity index is 334. The third-order valence-corrected chi connectivity index (χ3v) is 4.11. The molecule has 1 saturated carbocycles. The fraction of sp³-hybridized carbons (Fsp3) is 0.900. The van der Waals surface area contributed by atoms with E-state index in [1.165, 1.54) is 0 Å². The van der Waals surface area contributed by atoms with E-state index in [4.69, 9.17) is 14.0 Å². The lowest BCUT2D eigenvalue weighted by atomic mass is 10.5. The van der Waals surface area contributed by atoms with Crippen LogP contribution in [0.25, 0.3) is 0 Å². The average molecular weight is 266 g/mol. The molecule has 1 fully saturated rings. The van der Waals surface area contributed by atoms with E-state index in [2.05, 4.69) is 0 Å². The molecule has 0 spiro atoms. The SMILES string of the molecule is CC(C)OC(=O)OC1(OP(=O)(O)C(C)C)CC1. The summed E-state index contributed by atoms with van der Waals surface area (Å²) in [6.07, 6.45) is -0.347. The summed E-state index contributed by atoms with van der Waals surface area (Å²) in [6.45, 7) is 6.52. The molecule has 0 bridgehead atoms. The Morgan fingerprint density at radius 3 is 2.18 bits per heavy atom. The van der Waals surface area contributed by atoms with Gasteiger partial charge < -0.3 is 14.4 Å². The molecule has 0 aromatic carbocycles. The number of rotatable bonds is 5. The van der Waals surface area contributed by atoms with Crippen molar-refractivity contribution in [3.05, 3.63) is 0 Å². The third-order valence-electron chi connectivity index (χ3n) is 2.21. The van der Waals surface area contributed by atoms with Gasteiger partial charge >= 0.3 is 13.8 Å². The second-order valence-electron chi connectivity index (χ2n) is 4.68. The van der Waals surface area contributed by atoms with Crippen molar-refractivity contribution in [1.82, 2.24) is 0 Å². The molecule has 0 aromatic heterocycles. The molecular formula is C10H19O6P. The minimum absolute atomic E-state index is 0.302. The Morgan fingerprint density at radius 2 is 1.82 bits per heavy atom. The highest BCUT2D eigenvalue weighted by molar-refractivity contribution is 7.53. The fourth-order valence-electron chi connectivity index (χ4n) is 1.03. The Labute approximate surface area is 101 Å². The van der Waals surface area contributed by atoms with Crippen LogP contribution in [0.2, 0.25) is 0 Å². The minimum atomic E-state index is -3.75. The van der Waals surface area contributed by atoms with Crippen molar-refractivity contribution in [2.45, 2.75) is 58.1 Å². The van der Waals surface area contributed by atoms with E-state index in [1.807, 2.05) is 0 Å². The smallest absolute Gasteiger partial charge is 0.432 e. The molecule has 1 unspecified atom stereocenters. The van der Waals surface area contributed by atoms with E-state index in [0.29, 0.717) is 12.8 Å². The van der Waals surface area contributed by atoms with Crippen LogP contribution in [0.3, 0.4) is 0 Å². The molecule has 6 nitrogen and oxygen atoms in total. The minimum Gasteiger partial charge on any atom is -0.432 e.